The number of carbonyl (C=O) groups is 1. The molecule has 2 aromatic rings. The van der Waals surface area contributed by atoms with Crippen molar-refractivity contribution in [2.45, 2.75) is 20.1 Å². The Hall–Kier alpha value is -2.48. The van der Waals surface area contributed by atoms with Crippen LogP contribution in [-0.4, -0.2) is 69.1 Å². The zero-order chi connectivity index (χ0) is 16.9. The molecule has 0 unspecified atom stereocenters. The molecule has 1 aromatic heterocycles. The number of amides is 1. The second-order valence-electron chi connectivity index (χ2n) is 5.82. The minimum Gasteiger partial charge on any atom is -0.486 e. The molecular weight excluding hydrogens is 308 g/mol. The van der Waals surface area contributed by atoms with Gasteiger partial charge in [0.05, 0.1) is 0 Å². The number of carbonyl (C=O) groups excluding carboxylic acids is 1. The van der Waals surface area contributed by atoms with Crippen molar-refractivity contribution in [3.63, 3.8) is 0 Å². The highest BCUT2D eigenvalue weighted by atomic mass is 16.5. The van der Waals surface area contributed by atoms with E-state index in [4.69, 9.17) is 4.74 Å². The molecule has 1 saturated heterocycles. The molecule has 1 aliphatic rings. The summed E-state index contributed by atoms with van der Waals surface area (Å²) in [5, 5.41) is 11.4. The molecule has 0 spiro atoms. The number of nitrogens with zero attached hydrogens (tertiary/aromatic N) is 6. The van der Waals surface area contributed by atoms with Crippen LogP contribution in [0.25, 0.3) is 0 Å². The molecule has 0 aliphatic carbocycles. The lowest BCUT2D eigenvalue weighted by Crippen LogP contribution is -2.47. The van der Waals surface area contributed by atoms with Gasteiger partial charge in [0.2, 0.25) is 0 Å². The van der Waals surface area contributed by atoms with Crippen LogP contribution in [0.2, 0.25) is 0 Å². The quantitative estimate of drug-likeness (QED) is 0.802. The summed E-state index contributed by atoms with van der Waals surface area (Å²) in [5.41, 5.74) is 0.685. The Labute approximate surface area is 141 Å². The van der Waals surface area contributed by atoms with Crippen molar-refractivity contribution < 1.29 is 9.53 Å². The van der Waals surface area contributed by atoms with Gasteiger partial charge >= 0.3 is 0 Å². The maximum atomic E-state index is 12.5. The molecule has 0 saturated carbocycles. The molecule has 2 heterocycles. The molecule has 1 amide bonds. The first-order valence-corrected chi connectivity index (χ1v) is 8.13. The molecular formula is C16H22N6O2. The Bertz CT molecular complexity index is 676. The molecule has 1 aromatic carbocycles. The summed E-state index contributed by atoms with van der Waals surface area (Å²) in [5.74, 6) is 1.44. The van der Waals surface area contributed by atoms with Gasteiger partial charge in [0, 0.05) is 38.3 Å². The molecule has 0 radical (unpaired) electrons. The number of hydrogen-bond donors (Lipinski definition) is 0. The zero-order valence-electron chi connectivity index (χ0n) is 14.1. The van der Waals surface area contributed by atoms with Crippen LogP contribution in [0.1, 0.15) is 23.1 Å². The summed E-state index contributed by atoms with van der Waals surface area (Å²) in [6.07, 6.45) is 0. The van der Waals surface area contributed by atoms with Gasteiger partial charge in [-0.25, -0.2) is 4.68 Å². The van der Waals surface area contributed by atoms with Crippen molar-refractivity contribution in [1.29, 1.82) is 0 Å². The Morgan fingerprint density at radius 2 is 1.88 bits per heavy atom. The lowest BCUT2D eigenvalue weighted by Gasteiger charge is -2.32. The van der Waals surface area contributed by atoms with Crippen molar-refractivity contribution >= 4 is 5.91 Å². The summed E-state index contributed by atoms with van der Waals surface area (Å²) in [6.45, 7) is 6.34. The fourth-order valence-corrected chi connectivity index (χ4v) is 2.61. The number of benzene rings is 1. The summed E-state index contributed by atoms with van der Waals surface area (Å²) in [6, 6.07) is 7.23. The third-order valence-corrected chi connectivity index (χ3v) is 4.17. The number of rotatable bonds is 5. The average Bonchev–Trinajstić information content (AvgIpc) is 3.08. The number of likely N-dealkylation sites (N-methyl/N-ethyl adjacent to an activating group) is 1. The van der Waals surface area contributed by atoms with Crippen molar-refractivity contribution in [3.8, 4) is 5.75 Å². The molecule has 0 atom stereocenters. The van der Waals surface area contributed by atoms with Gasteiger partial charge in [-0.2, -0.15) is 0 Å². The van der Waals surface area contributed by atoms with Crippen LogP contribution >= 0.6 is 0 Å². The standard InChI is InChI=1S/C16H22N6O2/c1-3-22-15(17-18-19-22)12-24-14-6-4-13(5-7-14)16(23)21-10-8-20(2)9-11-21/h4-7H,3,8-12H2,1-2H3. The van der Waals surface area contributed by atoms with Crippen molar-refractivity contribution in [1.82, 2.24) is 30.0 Å². The second kappa shape index (κ2) is 7.39. The van der Waals surface area contributed by atoms with Crippen LogP contribution in [0.5, 0.6) is 5.75 Å². The first kappa shape index (κ1) is 16.4. The van der Waals surface area contributed by atoms with Gasteiger partial charge in [-0.1, -0.05) is 0 Å². The van der Waals surface area contributed by atoms with E-state index < -0.39 is 0 Å². The molecule has 3 rings (SSSR count). The molecule has 8 heteroatoms. The van der Waals surface area contributed by atoms with Gasteiger partial charge in [-0.05, 0) is 48.7 Å². The fourth-order valence-electron chi connectivity index (χ4n) is 2.61. The number of tetrazole rings is 1. The van der Waals surface area contributed by atoms with E-state index in [-0.39, 0.29) is 5.91 Å². The summed E-state index contributed by atoms with van der Waals surface area (Å²) < 4.78 is 7.38. The summed E-state index contributed by atoms with van der Waals surface area (Å²) >= 11 is 0. The van der Waals surface area contributed by atoms with E-state index in [1.807, 2.05) is 24.0 Å². The van der Waals surface area contributed by atoms with Gasteiger partial charge in [0.1, 0.15) is 12.4 Å². The average molecular weight is 330 g/mol. The Morgan fingerprint density at radius 1 is 1.17 bits per heavy atom. The van der Waals surface area contributed by atoms with Crippen LogP contribution in [0.3, 0.4) is 0 Å². The van der Waals surface area contributed by atoms with Gasteiger partial charge < -0.3 is 14.5 Å². The third-order valence-electron chi connectivity index (χ3n) is 4.17. The predicted molar refractivity (Wildman–Crippen MR) is 87.7 cm³/mol. The van der Waals surface area contributed by atoms with Crippen LogP contribution in [0.4, 0.5) is 0 Å². The van der Waals surface area contributed by atoms with Crippen LogP contribution in [0, 0.1) is 0 Å². The maximum absolute atomic E-state index is 12.5. The normalized spacial score (nSPS) is 15.5. The first-order valence-electron chi connectivity index (χ1n) is 8.13. The van der Waals surface area contributed by atoms with E-state index in [0.29, 0.717) is 30.3 Å². The van der Waals surface area contributed by atoms with E-state index in [1.165, 1.54) is 0 Å². The van der Waals surface area contributed by atoms with E-state index in [9.17, 15) is 4.79 Å². The van der Waals surface area contributed by atoms with Crippen molar-refractivity contribution in [2.24, 2.45) is 0 Å². The largest absolute Gasteiger partial charge is 0.486 e. The van der Waals surface area contributed by atoms with Crippen LogP contribution in [0.15, 0.2) is 24.3 Å². The second-order valence-corrected chi connectivity index (χ2v) is 5.82. The molecule has 8 nitrogen and oxygen atoms in total. The fraction of sp³-hybridized carbons (Fsp3) is 0.500. The van der Waals surface area contributed by atoms with E-state index in [0.717, 1.165) is 26.2 Å². The van der Waals surface area contributed by atoms with E-state index in [2.05, 4.69) is 27.5 Å². The van der Waals surface area contributed by atoms with Gasteiger partial charge in [-0.3, -0.25) is 4.79 Å². The SMILES string of the molecule is CCn1nnnc1COc1ccc(C(=O)N2CCN(C)CC2)cc1. The van der Waals surface area contributed by atoms with Gasteiger partial charge in [0.15, 0.2) is 5.82 Å². The molecule has 128 valence electrons. The molecule has 0 bridgehead atoms. The van der Waals surface area contributed by atoms with E-state index >= 15 is 0 Å². The van der Waals surface area contributed by atoms with Gasteiger partial charge in [0.25, 0.3) is 5.91 Å². The Kier molecular flexibility index (Phi) is 5.05. The number of aromatic nitrogens is 4. The topological polar surface area (TPSA) is 76.4 Å². The highest BCUT2D eigenvalue weighted by Gasteiger charge is 2.20. The number of aryl methyl sites for hydroxylation is 1. The Morgan fingerprint density at radius 3 is 2.54 bits per heavy atom. The molecule has 1 fully saturated rings. The van der Waals surface area contributed by atoms with E-state index in [1.54, 1.807) is 16.8 Å². The van der Waals surface area contributed by atoms with Crippen LogP contribution in [-0.2, 0) is 13.2 Å². The minimum atomic E-state index is 0.0737. The third kappa shape index (κ3) is 3.70. The highest BCUT2D eigenvalue weighted by molar-refractivity contribution is 5.94. The molecule has 24 heavy (non-hydrogen) atoms. The molecule has 0 N–H and O–H groups in total. The monoisotopic (exact) mass is 330 g/mol. The molecule has 1 aliphatic heterocycles. The lowest BCUT2D eigenvalue weighted by molar-refractivity contribution is 0.0664. The summed E-state index contributed by atoms with van der Waals surface area (Å²) in [4.78, 5) is 16.6. The van der Waals surface area contributed by atoms with Crippen LogP contribution < -0.4 is 4.74 Å². The number of ether oxygens (including phenoxy) is 1. The predicted octanol–water partition coefficient (Wildman–Crippen LogP) is 0.660. The smallest absolute Gasteiger partial charge is 0.253 e. The zero-order valence-corrected chi connectivity index (χ0v) is 14.1. The van der Waals surface area contributed by atoms with Crippen molar-refractivity contribution in [3.05, 3.63) is 35.7 Å². The highest BCUT2D eigenvalue weighted by Crippen LogP contribution is 2.15. The lowest BCUT2D eigenvalue weighted by atomic mass is 10.1. The van der Waals surface area contributed by atoms with Crippen molar-refractivity contribution in [2.75, 3.05) is 33.2 Å². The maximum Gasteiger partial charge on any atom is 0.253 e. The van der Waals surface area contributed by atoms with Gasteiger partial charge in [-0.15, -0.1) is 5.10 Å². The number of hydrogen-bond acceptors (Lipinski definition) is 6. The number of piperazine rings is 1. The minimum absolute atomic E-state index is 0.0737. The first-order chi connectivity index (χ1) is 11.7. The summed E-state index contributed by atoms with van der Waals surface area (Å²) in [7, 11) is 2.07. The Balaban J connectivity index is 1.58.